The molecule has 0 saturated carbocycles. The van der Waals surface area contributed by atoms with Crippen LogP contribution in [0.5, 0.6) is 0 Å². The van der Waals surface area contributed by atoms with Gasteiger partial charge in [-0.3, -0.25) is 0 Å². The van der Waals surface area contributed by atoms with Crippen LogP contribution < -0.4 is 0 Å². The van der Waals surface area contributed by atoms with Crippen molar-refractivity contribution in [2.45, 2.75) is 0 Å². The molecule has 0 spiro atoms. The first-order valence-corrected chi connectivity index (χ1v) is 3.07. The van der Waals surface area contributed by atoms with Gasteiger partial charge in [0, 0.05) is 0 Å². The molecule has 60 valence electrons. The number of halogens is 1. The predicted octanol–water partition coefficient (Wildman–Crippen LogP) is 2.04. The van der Waals surface area contributed by atoms with Crippen molar-refractivity contribution in [2.75, 3.05) is 0 Å². The largest absolute Gasteiger partial charge is 2.00 e. The molecule has 0 amide bonds. The first-order valence-electron chi connectivity index (χ1n) is 2.69. The van der Waals surface area contributed by atoms with Gasteiger partial charge in [-0.15, -0.1) is 0 Å². The normalized spacial score (nSPS) is 8.45. The molecule has 0 radical (unpaired) electrons. The van der Waals surface area contributed by atoms with Crippen LogP contribution in [0, 0.1) is 0 Å². The Morgan fingerprint density at radius 3 is 2.27 bits per heavy atom. The molecule has 11 heavy (non-hydrogen) atoms. The molecule has 0 saturated heterocycles. The SMILES string of the molecule is O=C(O)c1ccccc1Cl.[Ni+2]. The Bertz CT molecular complexity index is 262. The maximum Gasteiger partial charge on any atom is 2.00 e. The Hall–Kier alpha value is -0.526. The van der Waals surface area contributed by atoms with E-state index in [4.69, 9.17) is 16.7 Å². The van der Waals surface area contributed by atoms with E-state index >= 15 is 0 Å². The molecule has 2 nitrogen and oxygen atoms in total. The van der Waals surface area contributed by atoms with Gasteiger partial charge in [0.05, 0.1) is 10.6 Å². The van der Waals surface area contributed by atoms with Gasteiger partial charge >= 0.3 is 22.5 Å². The van der Waals surface area contributed by atoms with E-state index in [0.29, 0.717) is 0 Å². The number of benzene rings is 1. The second kappa shape index (κ2) is 4.37. The number of carboxylic acid groups (broad SMARTS) is 1. The summed E-state index contributed by atoms with van der Waals surface area (Å²) in [5, 5.41) is 8.75. The molecule has 1 N–H and O–H groups in total. The van der Waals surface area contributed by atoms with Crippen LogP contribution in [0.4, 0.5) is 0 Å². The van der Waals surface area contributed by atoms with Crippen LogP contribution >= 0.6 is 11.6 Å². The third-order valence-electron chi connectivity index (χ3n) is 1.10. The fourth-order valence-electron chi connectivity index (χ4n) is 0.635. The average Bonchev–Trinajstić information content (AvgIpc) is 1.88. The molecular weight excluding hydrogens is 210 g/mol. The number of hydrogen-bond acceptors (Lipinski definition) is 1. The number of aromatic carboxylic acids is 1. The van der Waals surface area contributed by atoms with E-state index in [-0.39, 0.29) is 27.1 Å². The molecule has 0 aliphatic rings. The molecular formula is C7H5ClNiO2+2. The number of rotatable bonds is 1. The average molecular weight is 215 g/mol. The Kier molecular flexibility index (Phi) is 4.16. The van der Waals surface area contributed by atoms with Crippen LogP contribution in [0.25, 0.3) is 0 Å². The summed E-state index contributed by atoms with van der Waals surface area (Å²) in [6.45, 7) is 0. The molecule has 4 heteroatoms. The second-order valence-electron chi connectivity index (χ2n) is 1.78. The maximum atomic E-state index is 10.3. The smallest absolute Gasteiger partial charge is 0.478 e. The number of hydrogen-bond donors (Lipinski definition) is 1. The van der Waals surface area contributed by atoms with Crippen molar-refractivity contribution in [1.29, 1.82) is 0 Å². The molecule has 0 aromatic heterocycles. The van der Waals surface area contributed by atoms with Crippen molar-refractivity contribution in [1.82, 2.24) is 0 Å². The van der Waals surface area contributed by atoms with Gasteiger partial charge in [-0.05, 0) is 12.1 Å². The Labute approximate surface area is 79.1 Å². The minimum absolute atomic E-state index is 0. The maximum absolute atomic E-state index is 10.3. The summed E-state index contributed by atoms with van der Waals surface area (Å²) in [7, 11) is 0. The van der Waals surface area contributed by atoms with E-state index in [9.17, 15) is 4.79 Å². The van der Waals surface area contributed by atoms with E-state index in [1.165, 1.54) is 6.07 Å². The van der Waals surface area contributed by atoms with Crippen molar-refractivity contribution in [2.24, 2.45) is 0 Å². The number of carboxylic acids is 1. The van der Waals surface area contributed by atoms with Crippen molar-refractivity contribution < 1.29 is 26.4 Å². The van der Waals surface area contributed by atoms with E-state index < -0.39 is 5.97 Å². The fourth-order valence-corrected chi connectivity index (χ4v) is 0.851. The Morgan fingerprint density at radius 1 is 1.36 bits per heavy atom. The molecule has 0 atom stereocenters. The summed E-state index contributed by atoms with van der Waals surface area (Å²) >= 11 is 5.54. The topological polar surface area (TPSA) is 37.3 Å². The Morgan fingerprint density at radius 2 is 1.91 bits per heavy atom. The minimum atomic E-state index is -0.995. The van der Waals surface area contributed by atoms with Gasteiger partial charge in [-0.1, -0.05) is 23.7 Å². The van der Waals surface area contributed by atoms with Crippen LogP contribution in [-0.4, -0.2) is 11.1 Å². The van der Waals surface area contributed by atoms with Crippen LogP contribution in [0.3, 0.4) is 0 Å². The summed E-state index contributed by atoms with van der Waals surface area (Å²) in [5.41, 5.74) is 0.143. The van der Waals surface area contributed by atoms with Crippen LogP contribution in [-0.2, 0) is 16.5 Å². The van der Waals surface area contributed by atoms with E-state index in [0.717, 1.165) is 0 Å². The van der Waals surface area contributed by atoms with E-state index in [1.54, 1.807) is 18.2 Å². The van der Waals surface area contributed by atoms with Gasteiger partial charge in [0.1, 0.15) is 0 Å². The van der Waals surface area contributed by atoms with Gasteiger partial charge in [-0.2, -0.15) is 0 Å². The zero-order valence-electron chi connectivity index (χ0n) is 5.36. The Balaban J connectivity index is 0.000001000. The zero-order valence-corrected chi connectivity index (χ0v) is 7.10. The third kappa shape index (κ3) is 2.53. The van der Waals surface area contributed by atoms with Crippen molar-refractivity contribution in [3.05, 3.63) is 34.9 Å². The zero-order chi connectivity index (χ0) is 7.56. The molecule has 0 bridgehead atoms. The van der Waals surface area contributed by atoms with Gasteiger partial charge in [0.15, 0.2) is 0 Å². The van der Waals surface area contributed by atoms with Gasteiger partial charge in [-0.25, -0.2) is 4.79 Å². The molecule has 0 aliphatic heterocycles. The molecule has 1 rings (SSSR count). The quantitative estimate of drug-likeness (QED) is 0.728. The molecule has 1 aromatic carbocycles. The van der Waals surface area contributed by atoms with Gasteiger partial charge in [0.2, 0.25) is 0 Å². The van der Waals surface area contributed by atoms with Gasteiger partial charge in [0.25, 0.3) is 0 Å². The standard InChI is InChI=1S/C7H5ClO2.Ni/c8-6-4-2-1-3-5(6)7(9)10;/h1-4H,(H,9,10);/q;+2. The molecule has 0 unspecified atom stereocenters. The van der Waals surface area contributed by atoms with E-state index in [1.807, 2.05) is 0 Å². The first kappa shape index (κ1) is 10.5. The van der Waals surface area contributed by atoms with Crippen molar-refractivity contribution >= 4 is 17.6 Å². The fraction of sp³-hybridized carbons (Fsp3) is 0. The first-order chi connectivity index (χ1) is 4.72. The summed E-state index contributed by atoms with van der Waals surface area (Å²) in [6.07, 6.45) is 0. The molecule has 0 fully saturated rings. The van der Waals surface area contributed by atoms with Gasteiger partial charge < -0.3 is 5.11 Å². The molecule has 0 aliphatic carbocycles. The van der Waals surface area contributed by atoms with Crippen LogP contribution in [0.2, 0.25) is 5.02 Å². The van der Waals surface area contributed by atoms with Crippen molar-refractivity contribution in [3.63, 3.8) is 0 Å². The summed E-state index contributed by atoms with van der Waals surface area (Å²) in [4.78, 5) is 10.3. The van der Waals surface area contributed by atoms with Crippen LogP contribution in [0.15, 0.2) is 24.3 Å². The number of carbonyl (C=O) groups is 1. The third-order valence-corrected chi connectivity index (χ3v) is 1.43. The molecule has 1 aromatic rings. The summed E-state index contributed by atoms with van der Waals surface area (Å²) in [5.74, 6) is -0.995. The van der Waals surface area contributed by atoms with Crippen LogP contribution in [0.1, 0.15) is 10.4 Å². The summed E-state index contributed by atoms with van der Waals surface area (Å²) < 4.78 is 0. The van der Waals surface area contributed by atoms with Crippen molar-refractivity contribution in [3.8, 4) is 0 Å². The monoisotopic (exact) mass is 214 g/mol. The van der Waals surface area contributed by atoms with E-state index in [2.05, 4.69) is 0 Å². The minimum Gasteiger partial charge on any atom is -0.478 e. The second-order valence-corrected chi connectivity index (χ2v) is 2.19. The predicted molar refractivity (Wildman–Crippen MR) is 38.4 cm³/mol. The summed E-state index contributed by atoms with van der Waals surface area (Å²) in [6, 6.07) is 6.33. The molecule has 0 heterocycles.